The van der Waals surface area contributed by atoms with Crippen molar-refractivity contribution in [3.8, 4) is 5.75 Å². The highest BCUT2D eigenvalue weighted by Crippen LogP contribution is 2.31. The van der Waals surface area contributed by atoms with E-state index in [2.05, 4.69) is 4.98 Å². The lowest BCUT2D eigenvalue weighted by atomic mass is 10.3. The van der Waals surface area contributed by atoms with Gasteiger partial charge in [-0.05, 0) is 54.2 Å². The molecule has 0 radical (unpaired) electrons. The monoisotopic (exact) mass is 348 g/mol. The molecule has 2 heterocycles. The summed E-state index contributed by atoms with van der Waals surface area (Å²) < 4.78 is 5.52. The molecule has 1 saturated heterocycles. The number of halogens is 1. The summed E-state index contributed by atoms with van der Waals surface area (Å²) in [6.45, 7) is 0.435. The van der Waals surface area contributed by atoms with Gasteiger partial charge in [0.15, 0.2) is 0 Å². The van der Waals surface area contributed by atoms with Crippen LogP contribution in [0.4, 0.5) is 4.79 Å². The summed E-state index contributed by atoms with van der Waals surface area (Å²) in [6.07, 6.45) is 3.43. The molecule has 0 bridgehead atoms. The number of imide groups is 1. The highest BCUT2D eigenvalue weighted by molar-refractivity contribution is 8.18. The van der Waals surface area contributed by atoms with Crippen molar-refractivity contribution in [2.24, 2.45) is 0 Å². The number of amides is 2. The smallest absolute Gasteiger partial charge is 0.293 e. The number of benzene rings is 1. The first-order valence-electron chi connectivity index (χ1n) is 6.90. The van der Waals surface area contributed by atoms with Gasteiger partial charge in [-0.25, -0.2) is 0 Å². The fourth-order valence-corrected chi connectivity index (χ4v) is 3.04. The SMILES string of the molecule is O=C1S/C(=C\c2ccc[nH]2)C(=O)N1CCOc1ccc(Cl)cc1. The third-order valence-corrected chi connectivity index (χ3v) is 4.34. The first kappa shape index (κ1) is 15.7. The van der Waals surface area contributed by atoms with Gasteiger partial charge in [-0.1, -0.05) is 11.6 Å². The highest BCUT2D eigenvalue weighted by Gasteiger charge is 2.34. The van der Waals surface area contributed by atoms with Crippen molar-refractivity contribution in [2.75, 3.05) is 13.2 Å². The Hall–Kier alpha value is -2.18. The Balaban J connectivity index is 1.59. The van der Waals surface area contributed by atoms with Crippen LogP contribution in [-0.4, -0.2) is 34.2 Å². The van der Waals surface area contributed by atoms with Crippen LogP contribution in [0.15, 0.2) is 47.5 Å². The Kier molecular flexibility index (Phi) is 4.73. The first-order chi connectivity index (χ1) is 11.1. The first-order valence-corrected chi connectivity index (χ1v) is 8.10. The molecule has 5 nitrogen and oxygen atoms in total. The lowest BCUT2D eigenvalue weighted by Gasteiger charge is -2.13. The minimum atomic E-state index is -0.297. The van der Waals surface area contributed by atoms with Crippen molar-refractivity contribution >= 4 is 40.6 Å². The van der Waals surface area contributed by atoms with E-state index in [4.69, 9.17) is 16.3 Å². The van der Waals surface area contributed by atoms with Crippen LogP contribution in [0.1, 0.15) is 5.69 Å². The maximum atomic E-state index is 12.3. The van der Waals surface area contributed by atoms with Crippen molar-refractivity contribution in [3.63, 3.8) is 0 Å². The molecule has 1 aromatic heterocycles. The summed E-state index contributed by atoms with van der Waals surface area (Å²) >= 11 is 6.73. The van der Waals surface area contributed by atoms with Crippen molar-refractivity contribution in [2.45, 2.75) is 0 Å². The average Bonchev–Trinajstić information content (AvgIpc) is 3.13. The third kappa shape index (κ3) is 3.78. The highest BCUT2D eigenvalue weighted by atomic mass is 35.5. The zero-order valence-electron chi connectivity index (χ0n) is 12.0. The Morgan fingerprint density at radius 1 is 1.22 bits per heavy atom. The Bertz CT molecular complexity index is 741. The van der Waals surface area contributed by atoms with Gasteiger partial charge < -0.3 is 9.72 Å². The molecule has 1 aliphatic heterocycles. The number of carbonyl (C=O) groups excluding carboxylic acids is 2. The molecule has 7 heteroatoms. The van der Waals surface area contributed by atoms with Crippen LogP contribution >= 0.6 is 23.4 Å². The molecule has 1 fully saturated rings. The second-order valence-corrected chi connectivity index (χ2v) is 6.19. The minimum absolute atomic E-state index is 0.204. The van der Waals surface area contributed by atoms with E-state index in [-0.39, 0.29) is 24.3 Å². The molecule has 1 aromatic carbocycles. The summed E-state index contributed by atoms with van der Waals surface area (Å²) in [5.74, 6) is 0.345. The maximum Gasteiger partial charge on any atom is 0.293 e. The number of rotatable bonds is 5. The number of hydrogen-bond donors (Lipinski definition) is 1. The number of hydrogen-bond acceptors (Lipinski definition) is 4. The van der Waals surface area contributed by atoms with Gasteiger partial charge in [0.1, 0.15) is 12.4 Å². The van der Waals surface area contributed by atoms with Gasteiger partial charge in [0.25, 0.3) is 11.1 Å². The lowest BCUT2D eigenvalue weighted by molar-refractivity contribution is -0.123. The molecule has 2 aromatic rings. The quantitative estimate of drug-likeness (QED) is 0.835. The van der Waals surface area contributed by atoms with Crippen molar-refractivity contribution in [1.82, 2.24) is 9.88 Å². The van der Waals surface area contributed by atoms with Gasteiger partial charge >= 0.3 is 0 Å². The van der Waals surface area contributed by atoms with Gasteiger partial charge in [0.2, 0.25) is 0 Å². The van der Waals surface area contributed by atoms with Crippen molar-refractivity contribution in [1.29, 1.82) is 0 Å². The number of H-pyrrole nitrogens is 1. The number of carbonyl (C=O) groups is 2. The number of ether oxygens (including phenoxy) is 1. The average molecular weight is 349 g/mol. The molecule has 0 aliphatic carbocycles. The van der Waals surface area contributed by atoms with Crippen LogP contribution < -0.4 is 4.74 Å². The second kappa shape index (κ2) is 6.93. The van der Waals surface area contributed by atoms with Crippen molar-refractivity contribution in [3.05, 3.63) is 58.2 Å². The van der Waals surface area contributed by atoms with Crippen LogP contribution in [-0.2, 0) is 4.79 Å². The van der Waals surface area contributed by atoms with E-state index in [0.717, 1.165) is 17.5 Å². The standard InChI is InChI=1S/C16H13ClN2O3S/c17-11-3-5-13(6-4-11)22-9-8-19-15(20)14(23-16(19)21)10-12-2-1-7-18-12/h1-7,10,18H,8-9H2/b14-10-. The van der Waals surface area contributed by atoms with E-state index in [1.807, 2.05) is 12.1 Å². The zero-order chi connectivity index (χ0) is 16.2. The molecule has 1 N–H and O–H groups in total. The number of nitrogens with one attached hydrogen (secondary N) is 1. The van der Waals surface area contributed by atoms with E-state index >= 15 is 0 Å². The molecule has 0 atom stereocenters. The topological polar surface area (TPSA) is 62.4 Å². The fraction of sp³-hybridized carbons (Fsp3) is 0.125. The Morgan fingerprint density at radius 3 is 2.70 bits per heavy atom. The van der Waals surface area contributed by atoms with E-state index in [9.17, 15) is 9.59 Å². The van der Waals surface area contributed by atoms with Gasteiger partial charge in [0, 0.05) is 16.9 Å². The van der Waals surface area contributed by atoms with Gasteiger partial charge in [-0.3, -0.25) is 14.5 Å². The Morgan fingerprint density at radius 2 is 2.00 bits per heavy atom. The molecule has 2 amide bonds. The summed E-state index contributed by atoms with van der Waals surface area (Å²) in [5.41, 5.74) is 0.785. The summed E-state index contributed by atoms with van der Waals surface area (Å²) in [6, 6.07) is 10.6. The van der Waals surface area contributed by atoms with Crippen LogP contribution in [0.5, 0.6) is 5.75 Å². The number of thioether (sulfide) groups is 1. The van der Waals surface area contributed by atoms with Gasteiger partial charge in [0.05, 0.1) is 11.4 Å². The largest absolute Gasteiger partial charge is 0.492 e. The predicted molar refractivity (Wildman–Crippen MR) is 90.4 cm³/mol. The van der Waals surface area contributed by atoms with E-state index in [1.54, 1.807) is 36.5 Å². The molecule has 0 spiro atoms. The third-order valence-electron chi connectivity index (χ3n) is 3.18. The lowest BCUT2D eigenvalue weighted by Crippen LogP contribution is -2.32. The van der Waals surface area contributed by atoms with E-state index in [0.29, 0.717) is 15.7 Å². The Labute approximate surface area is 142 Å². The molecule has 118 valence electrons. The summed E-state index contributed by atoms with van der Waals surface area (Å²) in [4.78, 5) is 28.8. The molecule has 23 heavy (non-hydrogen) atoms. The van der Waals surface area contributed by atoms with E-state index in [1.165, 1.54) is 4.90 Å². The normalized spacial score (nSPS) is 16.4. The molecule has 3 rings (SSSR count). The van der Waals surface area contributed by atoms with E-state index < -0.39 is 0 Å². The maximum absolute atomic E-state index is 12.3. The second-order valence-electron chi connectivity index (χ2n) is 4.76. The van der Waals surface area contributed by atoms with Crippen LogP contribution in [0, 0.1) is 0 Å². The fourth-order valence-electron chi connectivity index (χ4n) is 2.05. The summed E-state index contributed by atoms with van der Waals surface area (Å²) in [7, 11) is 0. The van der Waals surface area contributed by atoms with Gasteiger partial charge in [-0.15, -0.1) is 0 Å². The molecule has 0 unspecified atom stereocenters. The molecule has 0 saturated carbocycles. The van der Waals surface area contributed by atoms with Crippen LogP contribution in [0.3, 0.4) is 0 Å². The van der Waals surface area contributed by atoms with Gasteiger partial charge in [-0.2, -0.15) is 0 Å². The molecular weight excluding hydrogens is 336 g/mol. The molecular formula is C16H13ClN2O3S. The van der Waals surface area contributed by atoms with Crippen molar-refractivity contribution < 1.29 is 14.3 Å². The number of aromatic nitrogens is 1. The van der Waals surface area contributed by atoms with Crippen LogP contribution in [0.25, 0.3) is 6.08 Å². The molecule has 1 aliphatic rings. The summed E-state index contributed by atoms with van der Waals surface area (Å²) in [5, 5.41) is 0.338. The zero-order valence-corrected chi connectivity index (χ0v) is 13.6. The van der Waals surface area contributed by atoms with Crippen LogP contribution in [0.2, 0.25) is 5.02 Å². The number of aromatic amines is 1. The number of nitrogens with zero attached hydrogens (tertiary/aromatic N) is 1. The predicted octanol–water partition coefficient (Wildman–Crippen LogP) is 3.78. The minimum Gasteiger partial charge on any atom is -0.492 e.